The second kappa shape index (κ2) is 8.65. The lowest BCUT2D eigenvalue weighted by Gasteiger charge is -2.10. The van der Waals surface area contributed by atoms with Gasteiger partial charge in [0.1, 0.15) is 12.4 Å². The Morgan fingerprint density at radius 3 is 2.86 bits per heavy atom. The van der Waals surface area contributed by atoms with Crippen molar-refractivity contribution < 1.29 is 4.74 Å². The van der Waals surface area contributed by atoms with Crippen molar-refractivity contribution in [1.82, 2.24) is 10.3 Å². The maximum Gasteiger partial charge on any atom is 0.138 e. The molecule has 3 nitrogen and oxygen atoms in total. The maximum absolute atomic E-state index is 6.19. The SMILES string of the molecule is CCCNCCc1ccc(Cl)c(OCc2cccnc2)c1. The summed E-state index contributed by atoms with van der Waals surface area (Å²) in [4.78, 5) is 4.07. The highest BCUT2D eigenvalue weighted by atomic mass is 35.5. The summed E-state index contributed by atoms with van der Waals surface area (Å²) in [5.41, 5.74) is 2.26. The van der Waals surface area contributed by atoms with E-state index < -0.39 is 0 Å². The van der Waals surface area contributed by atoms with E-state index in [9.17, 15) is 0 Å². The Bertz CT molecular complexity index is 546. The molecule has 0 aliphatic heterocycles. The van der Waals surface area contributed by atoms with Crippen LogP contribution >= 0.6 is 11.6 Å². The van der Waals surface area contributed by atoms with Crippen LogP contribution in [0.15, 0.2) is 42.7 Å². The van der Waals surface area contributed by atoms with Crippen LogP contribution in [-0.2, 0) is 13.0 Å². The number of hydrogen-bond donors (Lipinski definition) is 1. The Balaban J connectivity index is 1.92. The van der Waals surface area contributed by atoms with E-state index in [0.717, 1.165) is 37.2 Å². The van der Waals surface area contributed by atoms with Crippen molar-refractivity contribution in [3.8, 4) is 5.75 Å². The fraction of sp³-hybridized carbons (Fsp3) is 0.353. The summed E-state index contributed by atoms with van der Waals surface area (Å²) in [6, 6.07) is 9.85. The van der Waals surface area contributed by atoms with Crippen molar-refractivity contribution in [2.24, 2.45) is 0 Å². The first kappa shape index (κ1) is 15.8. The first-order chi connectivity index (χ1) is 10.3. The van der Waals surface area contributed by atoms with E-state index in [-0.39, 0.29) is 0 Å². The molecule has 21 heavy (non-hydrogen) atoms. The van der Waals surface area contributed by atoms with Crippen LogP contribution in [0, 0.1) is 0 Å². The molecule has 0 atom stereocenters. The first-order valence-corrected chi connectivity index (χ1v) is 7.68. The molecule has 2 aromatic rings. The van der Waals surface area contributed by atoms with Crippen molar-refractivity contribution in [3.05, 3.63) is 58.9 Å². The normalized spacial score (nSPS) is 10.6. The second-order valence-electron chi connectivity index (χ2n) is 4.91. The van der Waals surface area contributed by atoms with Gasteiger partial charge in [0.05, 0.1) is 5.02 Å². The minimum absolute atomic E-state index is 0.477. The number of pyridine rings is 1. The lowest BCUT2D eigenvalue weighted by molar-refractivity contribution is 0.305. The van der Waals surface area contributed by atoms with Crippen LogP contribution in [0.4, 0.5) is 0 Å². The van der Waals surface area contributed by atoms with E-state index in [1.54, 1.807) is 12.4 Å². The highest BCUT2D eigenvalue weighted by molar-refractivity contribution is 6.32. The van der Waals surface area contributed by atoms with Gasteiger partial charge < -0.3 is 10.1 Å². The van der Waals surface area contributed by atoms with Gasteiger partial charge in [-0.05, 0) is 49.7 Å². The van der Waals surface area contributed by atoms with Gasteiger partial charge in [-0.3, -0.25) is 4.98 Å². The van der Waals surface area contributed by atoms with Gasteiger partial charge in [0.15, 0.2) is 0 Å². The Morgan fingerprint density at radius 1 is 1.19 bits per heavy atom. The van der Waals surface area contributed by atoms with Crippen LogP contribution in [0.25, 0.3) is 0 Å². The molecule has 0 fully saturated rings. The molecule has 0 aliphatic rings. The summed E-state index contributed by atoms with van der Waals surface area (Å²) in [6.07, 6.45) is 5.67. The van der Waals surface area contributed by atoms with E-state index in [1.807, 2.05) is 30.3 Å². The van der Waals surface area contributed by atoms with Crippen molar-refractivity contribution in [1.29, 1.82) is 0 Å². The van der Waals surface area contributed by atoms with Crippen LogP contribution in [0.1, 0.15) is 24.5 Å². The number of hydrogen-bond acceptors (Lipinski definition) is 3. The smallest absolute Gasteiger partial charge is 0.138 e. The van der Waals surface area contributed by atoms with Crippen LogP contribution in [0.3, 0.4) is 0 Å². The van der Waals surface area contributed by atoms with Crippen LogP contribution < -0.4 is 10.1 Å². The first-order valence-electron chi connectivity index (χ1n) is 7.30. The zero-order valence-corrected chi connectivity index (χ0v) is 13.1. The van der Waals surface area contributed by atoms with Gasteiger partial charge in [-0.25, -0.2) is 0 Å². The molecule has 2 rings (SSSR count). The fourth-order valence-corrected chi connectivity index (χ4v) is 2.17. The third kappa shape index (κ3) is 5.37. The largest absolute Gasteiger partial charge is 0.487 e. The fourth-order valence-electron chi connectivity index (χ4n) is 1.99. The topological polar surface area (TPSA) is 34.1 Å². The van der Waals surface area contributed by atoms with Crippen molar-refractivity contribution in [2.45, 2.75) is 26.4 Å². The molecule has 4 heteroatoms. The maximum atomic E-state index is 6.19. The number of halogens is 1. The molecular weight excluding hydrogens is 284 g/mol. The van der Waals surface area contributed by atoms with Gasteiger partial charge in [-0.15, -0.1) is 0 Å². The summed E-state index contributed by atoms with van der Waals surface area (Å²) < 4.78 is 5.80. The molecule has 0 saturated carbocycles. The average Bonchev–Trinajstić information content (AvgIpc) is 2.53. The second-order valence-corrected chi connectivity index (χ2v) is 5.32. The van der Waals surface area contributed by atoms with Gasteiger partial charge in [-0.1, -0.05) is 30.7 Å². The zero-order chi connectivity index (χ0) is 14.9. The highest BCUT2D eigenvalue weighted by Gasteiger charge is 2.04. The Kier molecular flexibility index (Phi) is 6.51. The van der Waals surface area contributed by atoms with Crippen molar-refractivity contribution in [3.63, 3.8) is 0 Å². The summed E-state index contributed by atoms with van der Waals surface area (Å²) in [5, 5.41) is 4.04. The molecule has 1 aromatic carbocycles. The quantitative estimate of drug-likeness (QED) is 0.752. The van der Waals surface area contributed by atoms with Crippen LogP contribution in [0.2, 0.25) is 5.02 Å². The number of benzene rings is 1. The lowest BCUT2D eigenvalue weighted by atomic mass is 10.1. The van der Waals surface area contributed by atoms with E-state index >= 15 is 0 Å². The van der Waals surface area contributed by atoms with Crippen LogP contribution in [-0.4, -0.2) is 18.1 Å². The van der Waals surface area contributed by atoms with Gasteiger partial charge in [-0.2, -0.15) is 0 Å². The van der Waals surface area contributed by atoms with E-state index in [2.05, 4.69) is 17.2 Å². The predicted octanol–water partition coefficient (Wildman–Crippen LogP) is 3.86. The van der Waals surface area contributed by atoms with Gasteiger partial charge >= 0.3 is 0 Å². The van der Waals surface area contributed by atoms with Gasteiger partial charge in [0.2, 0.25) is 0 Å². The molecule has 0 amide bonds. The van der Waals surface area contributed by atoms with Gasteiger partial charge in [0, 0.05) is 18.0 Å². The Morgan fingerprint density at radius 2 is 2.10 bits per heavy atom. The molecule has 1 N–H and O–H groups in total. The molecule has 1 heterocycles. The molecule has 0 unspecified atom stereocenters. The number of ether oxygens (including phenoxy) is 1. The molecule has 1 aromatic heterocycles. The number of nitrogens with one attached hydrogen (secondary N) is 1. The molecule has 0 spiro atoms. The monoisotopic (exact) mass is 304 g/mol. The predicted molar refractivity (Wildman–Crippen MR) is 86.9 cm³/mol. The summed E-state index contributed by atoms with van der Waals surface area (Å²) in [5.74, 6) is 0.730. The summed E-state index contributed by atoms with van der Waals surface area (Å²) >= 11 is 6.19. The molecule has 0 aliphatic carbocycles. The number of nitrogens with zero attached hydrogens (tertiary/aromatic N) is 1. The summed E-state index contributed by atoms with van der Waals surface area (Å²) in [6.45, 7) is 4.67. The third-order valence-electron chi connectivity index (χ3n) is 3.13. The molecule has 112 valence electrons. The van der Waals surface area contributed by atoms with Gasteiger partial charge in [0.25, 0.3) is 0 Å². The van der Waals surface area contributed by atoms with E-state index in [0.29, 0.717) is 11.6 Å². The summed E-state index contributed by atoms with van der Waals surface area (Å²) in [7, 11) is 0. The molecule has 0 saturated heterocycles. The van der Waals surface area contributed by atoms with E-state index in [1.165, 1.54) is 5.56 Å². The molecular formula is C17H21ClN2O. The minimum atomic E-state index is 0.477. The minimum Gasteiger partial charge on any atom is -0.487 e. The number of rotatable bonds is 8. The highest BCUT2D eigenvalue weighted by Crippen LogP contribution is 2.26. The molecule has 0 radical (unpaired) electrons. The van der Waals surface area contributed by atoms with Crippen molar-refractivity contribution in [2.75, 3.05) is 13.1 Å². The number of aromatic nitrogens is 1. The zero-order valence-electron chi connectivity index (χ0n) is 12.3. The van der Waals surface area contributed by atoms with Crippen LogP contribution in [0.5, 0.6) is 5.75 Å². The standard InChI is InChI=1S/C17H21ClN2O/c1-2-8-19-10-7-14-5-6-16(18)17(11-14)21-13-15-4-3-9-20-12-15/h3-6,9,11-12,19H,2,7-8,10,13H2,1H3. The average molecular weight is 305 g/mol. The lowest BCUT2D eigenvalue weighted by Crippen LogP contribution is -2.17. The molecule has 0 bridgehead atoms. The Hall–Kier alpha value is -1.58. The van der Waals surface area contributed by atoms with E-state index in [4.69, 9.17) is 16.3 Å². The third-order valence-corrected chi connectivity index (χ3v) is 3.44. The van der Waals surface area contributed by atoms with Crippen molar-refractivity contribution >= 4 is 11.6 Å². The Labute approximate surface area is 131 Å².